The molecule has 0 bridgehead atoms. The molecule has 0 heterocycles. The maximum absolute atomic E-state index is 11.8. The van der Waals surface area contributed by atoms with Gasteiger partial charge in [0, 0.05) is 0 Å². The van der Waals surface area contributed by atoms with Gasteiger partial charge in [0.1, 0.15) is 12.6 Å². The van der Waals surface area contributed by atoms with Crippen LogP contribution in [0.25, 0.3) is 0 Å². The summed E-state index contributed by atoms with van der Waals surface area (Å²) in [7, 11) is 0. The van der Waals surface area contributed by atoms with Crippen LogP contribution in [0.15, 0.2) is 0 Å². The third-order valence-electron chi connectivity index (χ3n) is 1.76. The summed E-state index contributed by atoms with van der Waals surface area (Å²) in [6, 6.07) is -2.33. The number of amides is 2. The molecule has 5 nitrogen and oxygen atoms in total. The van der Waals surface area contributed by atoms with Gasteiger partial charge in [-0.15, -0.1) is 0 Å². The molecule has 17 heavy (non-hydrogen) atoms. The molecule has 2 amide bonds. The van der Waals surface area contributed by atoms with Crippen molar-refractivity contribution < 1.29 is 27.9 Å². The summed E-state index contributed by atoms with van der Waals surface area (Å²) in [5.74, 6) is -1.28. The Morgan fingerprint density at radius 3 is 2.18 bits per heavy atom. The molecule has 0 aromatic carbocycles. The van der Waals surface area contributed by atoms with Gasteiger partial charge < -0.3 is 15.7 Å². The lowest BCUT2D eigenvalue weighted by atomic mass is 10.0. The molecule has 0 aromatic rings. The molecule has 0 spiro atoms. The first-order valence-corrected chi connectivity index (χ1v) is 4.95. The zero-order valence-electron chi connectivity index (χ0n) is 9.47. The van der Waals surface area contributed by atoms with E-state index in [0.717, 1.165) is 0 Å². The van der Waals surface area contributed by atoms with Gasteiger partial charge >= 0.3 is 18.2 Å². The maximum atomic E-state index is 11.8. The van der Waals surface area contributed by atoms with Crippen molar-refractivity contribution in [3.63, 3.8) is 0 Å². The van der Waals surface area contributed by atoms with E-state index in [1.165, 1.54) is 0 Å². The van der Waals surface area contributed by atoms with Crippen molar-refractivity contribution in [2.24, 2.45) is 5.92 Å². The summed E-state index contributed by atoms with van der Waals surface area (Å²) < 4.78 is 35.3. The Morgan fingerprint density at radius 2 is 1.82 bits per heavy atom. The molecule has 0 aliphatic carbocycles. The van der Waals surface area contributed by atoms with Crippen LogP contribution in [-0.2, 0) is 4.79 Å². The second-order valence-corrected chi connectivity index (χ2v) is 3.96. The number of carbonyl (C=O) groups is 2. The first-order valence-electron chi connectivity index (χ1n) is 4.95. The standard InChI is InChI=1S/C9H15F3N2O3/c1-5(2)3-6(7(15)16)14-8(17)13-4-9(10,11)12/h5-6H,3-4H2,1-2H3,(H,15,16)(H2,13,14,17). The van der Waals surface area contributed by atoms with Gasteiger partial charge in [-0.2, -0.15) is 13.2 Å². The third kappa shape index (κ3) is 8.35. The van der Waals surface area contributed by atoms with Crippen molar-refractivity contribution in [2.75, 3.05) is 6.54 Å². The average molecular weight is 256 g/mol. The number of urea groups is 1. The zero-order valence-corrected chi connectivity index (χ0v) is 9.47. The van der Waals surface area contributed by atoms with Crippen molar-refractivity contribution in [3.8, 4) is 0 Å². The molecule has 0 aliphatic heterocycles. The molecule has 8 heteroatoms. The van der Waals surface area contributed by atoms with Gasteiger partial charge in [0.15, 0.2) is 0 Å². The molecule has 0 fully saturated rings. The van der Waals surface area contributed by atoms with Gasteiger partial charge in [-0.3, -0.25) is 0 Å². The Bertz CT molecular complexity index is 279. The summed E-state index contributed by atoms with van der Waals surface area (Å²) >= 11 is 0. The van der Waals surface area contributed by atoms with E-state index in [4.69, 9.17) is 5.11 Å². The molecule has 0 saturated heterocycles. The lowest BCUT2D eigenvalue weighted by Crippen LogP contribution is -2.48. The number of alkyl halides is 3. The van der Waals surface area contributed by atoms with E-state index in [0.29, 0.717) is 0 Å². The van der Waals surface area contributed by atoms with Gasteiger partial charge in [-0.05, 0) is 12.3 Å². The molecule has 3 N–H and O–H groups in total. The molecule has 0 radical (unpaired) electrons. The van der Waals surface area contributed by atoms with Crippen molar-refractivity contribution >= 4 is 12.0 Å². The maximum Gasteiger partial charge on any atom is 0.405 e. The summed E-state index contributed by atoms with van der Waals surface area (Å²) in [4.78, 5) is 21.7. The SMILES string of the molecule is CC(C)CC(NC(=O)NCC(F)(F)F)C(=O)O. The van der Waals surface area contributed by atoms with Crippen molar-refractivity contribution in [2.45, 2.75) is 32.5 Å². The Balaban J connectivity index is 4.18. The highest BCUT2D eigenvalue weighted by atomic mass is 19.4. The molecule has 1 unspecified atom stereocenters. The topological polar surface area (TPSA) is 78.4 Å². The largest absolute Gasteiger partial charge is 0.480 e. The Hall–Kier alpha value is -1.47. The fourth-order valence-corrected chi connectivity index (χ4v) is 1.08. The van der Waals surface area contributed by atoms with Crippen LogP contribution in [0.5, 0.6) is 0 Å². The van der Waals surface area contributed by atoms with E-state index in [-0.39, 0.29) is 12.3 Å². The minimum absolute atomic E-state index is 0.000911. The molecule has 1 atom stereocenters. The smallest absolute Gasteiger partial charge is 0.405 e. The van der Waals surface area contributed by atoms with E-state index < -0.39 is 30.8 Å². The van der Waals surface area contributed by atoms with E-state index >= 15 is 0 Å². The van der Waals surface area contributed by atoms with Crippen LogP contribution in [-0.4, -0.2) is 35.9 Å². The molecule has 0 saturated carbocycles. The molecule has 0 rings (SSSR count). The number of carbonyl (C=O) groups excluding carboxylic acids is 1. The van der Waals surface area contributed by atoms with E-state index in [2.05, 4.69) is 0 Å². The molecular weight excluding hydrogens is 241 g/mol. The number of hydrogen-bond acceptors (Lipinski definition) is 2. The Kier molecular flexibility index (Phi) is 5.77. The van der Waals surface area contributed by atoms with Crippen LogP contribution in [0.2, 0.25) is 0 Å². The first-order chi connectivity index (χ1) is 7.61. The van der Waals surface area contributed by atoms with Gasteiger partial charge in [0.25, 0.3) is 0 Å². The van der Waals surface area contributed by atoms with Crippen LogP contribution >= 0.6 is 0 Å². The zero-order chi connectivity index (χ0) is 13.6. The normalized spacial score (nSPS) is 13.3. The van der Waals surface area contributed by atoms with Crippen LogP contribution in [0.1, 0.15) is 20.3 Å². The highest BCUT2D eigenvalue weighted by molar-refractivity contribution is 5.82. The quantitative estimate of drug-likeness (QED) is 0.694. The Labute approximate surface area is 96.4 Å². The monoisotopic (exact) mass is 256 g/mol. The van der Waals surface area contributed by atoms with Crippen molar-refractivity contribution in [1.29, 1.82) is 0 Å². The van der Waals surface area contributed by atoms with Crippen LogP contribution < -0.4 is 10.6 Å². The van der Waals surface area contributed by atoms with Crippen molar-refractivity contribution in [1.82, 2.24) is 10.6 Å². The predicted molar refractivity (Wildman–Crippen MR) is 53.5 cm³/mol. The fraction of sp³-hybridized carbons (Fsp3) is 0.778. The minimum Gasteiger partial charge on any atom is -0.480 e. The highest BCUT2D eigenvalue weighted by Crippen LogP contribution is 2.12. The van der Waals surface area contributed by atoms with Crippen LogP contribution in [0.3, 0.4) is 0 Å². The lowest BCUT2D eigenvalue weighted by Gasteiger charge is -2.17. The third-order valence-corrected chi connectivity index (χ3v) is 1.76. The number of rotatable bonds is 5. The number of carboxylic acids is 1. The van der Waals surface area contributed by atoms with E-state index in [1.54, 1.807) is 19.2 Å². The summed E-state index contributed by atoms with van der Waals surface area (Å²) in [6.07, 6.45) is -4.37. The highest BCUT2D eigenvalue weighted by Gasteiger charge is 2.28. The van der Waals surface area contributed by atoms with Gasteiger partial charge in [-0.25, -0.2) is 9.59 Å². The van der Waals surface area contributed by atoms with Crippen molar-refractivity contribution in [3.05, 3.63) is 0 Å². The Morgan fingerprint density at radius 1 is 1.29 bits per heavy atom. The lowest BCUT2D eigenvalue weighted by molar-refractivity contribution is -0.139. The molecule has 0 aromatic heterocycles. The average Bonchev–Trinajstić information content (AvgIpc) is 2.11. The minimum atomic E-state index is -4.52. The van der Waals surface area contributed by atoms with Gasteiger partial charge in [0.05, 0.1) is 0 Å². The summed E-state index contributed by atoms with van der Waals surface area (Å²) in [5.41, 5.74) is 0. The van der Waals surface area contributed by atoms with E-state index in [9.17, 15) is 22.8 Å². The molecule has 100 valence electrons. The number of halogens is 3. The van der Waals surface area contributed by atoms with Crippen LogP contribution in [0.4, 0.5) is 18.0 Å². The number of carboxylic acid groups (broad SMARTS) is 1. The van der Waals surface area contributed by atoms with Gasteiger partial charge in [-0.1, -0.05) is 13.8 Å². The van der Waals surface area contributed by atoms with Gasteiger partial charge in [0.2, 0.25) is 0 Å². The summed E-state index contributed by atoms with van der Waals surface area (Å²) in [6.45, 7) is 1.99. The second-order valence-electron chi connectivity index (χ2n) is 3.96. The van der Waals surface area contributed by atoms with E-state index in [1.807, 2.05) is 5.32 Å². The molecule has 0 aliphatic rings. The number of nitrogens with one attached hydrogen (secondary N) is 2. The second kappa shape index (κ2) is 6.31. The predicted octanol–water partition coefficient (Wildman–Crippen LogP) is 1.35. The molecular formula is C9H15F3N2O3. The fourth-order valence-electron chi connectivity index (χ4n) is 1.08. The number of aliphatic carboxylic acids is 1. The van der Waals surface area contributed by atoms with Crippen LogP contribution in [0, 0.1) is 5.92 Å². The number of hydrogen-bond donors (Lipinski definition) is 3. The summed E-state index contributed by atoms with van der Waals surface area (Å²) in [5, 5.41) is 12.2. The first kappa shape index (κ1) is 15.5.